The van der Waals surface area contributed by atoms with E-state index in [-0.39, 0.29) is 11.9 Å². The zero-order valence-electron chi connectivity index (χ0n) is 15.3. The number of nitrogens with zero attached hydrogens (tertiary/aromatic N) is 1. The maximum absolute atomic E-state index is 12.7. The number of carbonyl (C=O) groups excluding carboxylic acids is 1. The van der Waals surface area contributed by atoms with Gasteiger partial charge in [-0.15, -0.1) is 0 Å². The summed E-state index contributed by atoms with van der Waals surface area (Å²) in [4.78, 5) is 15.1. The molecule has 1 aromatic heterocycles. The Morgan fingerprint density at radius 2 is 1.67 bits per heavy atom. The molecule has 1 aliphatic heterocycles. The van der Waals surface area contributed by atoms with Crippen LogP contribution >= 0.6 is 11.3 Å². The SMILES string of the molecule is O=C(NC[C@@H](c1ccsc1)N1CCCC1)c1ccc(-c2ccccc2)cc1. The summed E-state index contributed by atoms with van der Waals surface area (Å²) in [5.41, 5.74) is 4.30. The maximum Gasteiger partial charge on any atom is 0.251 e. The van der Waals surface area contributed by atoms with E-state index in [0.717, 1.165) is 24.2 Å². The first-order valence-electron chi connectivity index (χ1n) is 9.51. The Bertz CT molecular complexity index is 853. The fourth-order valence-corrected chi connectivity index (χ4v) is 4.42. The average Bonchev–Trinajstić information content (AvgIpc) is 3.44. The molecule has 0 radical (unpaired) electrons. The highest BCUT2D eigenvalue weighted by Crippen LogP contribution is 2.26. The molecule has 4 rings (SSSR count). The Balaban J connectivity index is 1.42. The first-order chi connectivity index (χ1) is 13.3. The quantitative estimate of drug-likeness (QED) is 0.658. The number of rotatable bonds is 6. The van der Waals surface area contributed by atoms with Crippen LogP contribution in [0.25, 0.3) is 11.1 Å². The van der Waals surface area contributed by atoms with Crippen LogP contribution in [0.5, 0.6) is 0 Å². The summed E-state index contributed by atoms with van der Waals surface area (Å²) in [6, 6.07) is 20.5. The molecule has 0 aliphatic carbocycles. The van der Waals surface area contributed by atoms with Crippen LogP contribution in [0.3, 0.4) is 0 Å². The van der Waals surface area contributed by atoms with Crippen molar-refractivity contribution >= 4 is 17.2 Å². The van der Waals surface area contributed by atoms with E-state index in [1.165, 1.54) is 18.4 Å². The van der Waals surface area contributed by atoms with Gasteiger partial charge in [-0.05, 0) is 71.6 Å². The predicted molar refractivity (Wildman–Crippen MR) is 112 cm³/mol. The summed E-state index contributed by atoms with van der Waals surface area (Å²) in [6.45, 7) is 2.88. The minimum Gasteiger partial charge on any atom is -0.350 e. The largest absolute Gasteiger partial charge is 0.350 e. The fraction of sp³-hybridized carbons (Fsp3) is 0.261. The number of hydrogen-bond acceptors (Lipinski definition) is 3. The molecule has 0 saturated carbocycles. The summed E-state index contributed by atoms with van der Waals surface area (Å²) in [5, 5.41) is 7.46. The van der Waals surface area contributed by atoms with Gasteiger partial charge in [-0.1, -0.05) is 42.5 Å². The Kier molecular flexibility index (Phi) is 5.66. The molecule has 1 aliphatic rings. The van der Waals surface area contributed by atoms with Crippen molar-refractivity contribution in [3.8, 4) is 11.1 Å². The number of thiophene rings is 1. The normalized spacial score (nSPS) is 15.6. The molecule has 1 amide bonds. The monoisotopic (exact) mass is 376 g/mol. The number of amides is 1. The number of carbonyl (C=O) groups is 1. The van der Waals surface area contributed by atoms with Gasteiger partial charge < -0.3 is 5.32 Å². The van der Waals surface area contributed by atoms with Crippen molar-refractivity contribution in [1.82, 2.24) is 10.2 Å². The van der Waals surface area contributed by atoms with Crippen molar-refractivity contribution in [3.63, 3.8) is 0 Å². The third kappa shape index (κ3) is 4.29. The maximum atomic E-state index is 12.7. The second-order valence-corrected chi connectivity index (χ2v) is 7.75. The number of hydrogen-bond donors (Lipinski definition) is 1. The van der Waals surface area contributed by atoms with E-state index in [1.54, 1.807) is 11.3 Å². The molecule has 0 unspecified atom stereocenters. The fourth-order valence-electron chi connectivity index (χ4n) is 3.71. The predicted octanol–water partition coefficient (Wildman–Crippen LogP) is 4.98. The van der Waals surface area contributed by atoms with E-state index in [1.807, 2.05) is 42.5 Å². The molecule has 1 saturated heterocycles. The molecule has 3 aromatic rings. The molecule has 4 heteroatoms. The molecule has 138 valence electrons. The number of likely N-dealkylation sites (tertiary alicyclic amines) is 1. The van der Waals surface area contributed by atoms with Crippen molar-refractivity contribution in [2.45, 2.75) is 18.9 Å². The Morgan fingerprint density at radius 1 is 0.963 bits per heavy atom. The highest BCUT2D eigenvalue weighted by atomic mass is 32.1. The van der Waals surface area contributed by atoms with E-state index in [0.29, 0.717) is 12.1 Å². The van der Waals surface area contributed by atoms with Crippen LogP contribution < -0.4 is 5.32 Å². The lowest BCUT2D eigenvalue weighted by atomic mass is 10.0. The van der Waals surface area contributed by atoms with Gasteiger partial charge in [-0.25, -0.2) is 0 Å². The lowest BCUT2D eigenvalue weighted by molar-refractivity contribution is 0.0938. The summed E-state index contributed by atoms with van der Waals surface area (Å²) in [6.07, 6.45) is 2.49. The van der Waals surface area contributed by atoms with Gasteiger partial charge >= 0.3 is 0 Å². The zero-order chi connectivity index (χ0) is 18.5. The Labute approximate surface area is 164 Å². The van der Waals surface area contributed by atoms with Crippen molar-refractivity contribution in [3.05, 3.63) is 82.6 Å². The van der Waals surface area contributed by atoms with Crippen LogP contribution in [0.1, 0.15) is 34.8 Å². The smallest absolute Gasteiger partial charge is 0.251 e. The van der Waals surface area contributed by atoms with Crippen molar-refractivity contribution in [1.29, 1.82) is 0 Å². The van der Waals surface area contributed by atoms with Gasteiger partial charge in [0.2, 0.25) is 0 Å². The molecule has 0 bridgehead atoms. The highest BCUT2D eigenvalue weighted by molar-refractivity contribution is 7.07. The van der Waals surface area contributed by atoms with Gasteiger partial charge in [0.25, 0.3) is 5.91 Å². The summed E-state index contributed by atoms with van der Waals surface area (Å²) < 4.78 is 0. The third-order valence-electron chi connectivity index (χ3n) is 5.22. The lowest BCUT2D eigenvalue weighted by Crippen LogP contribution is -2.36. The zero-order valence-corrected chi connectivity index (χ0v) is 16.1. The molecule has 1 atom stereocenters. The van der Waals surface area contributed by atoms with E-state index >= 15 is 0 Å². The molecule has 1 N–H and O–H groups in total. The molecular weight excluding hydrogens is 352 g/mol. The van der Waals surface area contributed by atoms with Gasteiger partial charge in [0.1, 0.15) is 0 Å². The Morgan fingerprint density at radius 3 is 2.33 bits per heavy atom. The topological polar surface area (TPSA) is 32.3 Å². The van der Waals surface area contributed by atoms with Gasteiger partial charge in [-0.2, -0.15) is 11.3 Å². The second kappa shape index (κ2) is 8.51. The van der Waals surface area contributed by atoms with Crippen molar-refractivity contribution < 1.29 is 4.79 Å². The van der Waals surface area contributed by atoms with Crippen molar-refractivity contribution in [2.24, 2.45) is 0 Å². The van der Waals surface area contributed by atoms with Gasteiger partial charge in [0.15, 0.2) is 0 Å². The van der Waals surface area contributed by atoms with Crippen molar-refractivity contribution in [2.75, 3.05) is 19.6 Å². The average molecular weight is 377 g/mol. The Hall–Kier alpha value is -2.43. The van der Waals surface area contributed by atoms with E-state index in [2.05, 4.69) is 39.2 Å². The van der Waals surface area contributed by atoms with Gasteiger partial charge in [0.05, 0.1) is 6.04 Å². The first kappa shape index (κ1) is 18.0. The standard InChI is InChI=1S/C23H24N2OS/c26-23(20-10-8-19(9-11-20)18-6-2-1-3-7-18)24-16-22(21-12-15-27-17-21)25-13-4-5-14-25/h1-3,6-12,15,17,22H,4-5,13-14,16H2,(H,24,26)/t22-/m0/s1. The first-order valence-corrected chi connectivity index (χ1v) is 10.5. The number of nitrogens with one attached hydrogen (secondary N) is 1. The van der Waals surface area contributed by atoms with E-state index in [4.69, 9.17) is 0 Å². The minimum atomic E-state index is -0.00552. The van der Waals surface area contributed by atoms with Crippen LogP contribution in [0.15, 0.2) is 71.4 Å². The molecule has 27 heavy (non-hydrogen) atoms. The summed E-state index contributed by atoms with van der Waals surface area (Å²) in [5.74, 6) is -0.00552. The third-order valence-corrected chi connectivity index (χ3v) is 5.92. The van der Waals surface area contributed by atoms with Gasteiger partial charge in [0, 0.05) is 12.1 Å². The molecule has 2 heterocycles. The number of benzene rings is 2. The molecular formula is C23H24N2OS. The van der Waals surface area contributed by atoms with Crippen LogP contribution in [0, 0.1) is 0 Å². The second-order valence-electron chi connectivity index (χ2n) is 6.97. The van der Waals surface area contributed by atoms with Crippen LogP contribution in [0.4, 0.5) is 0 Å². The summed E-state index contributed by atoms with van der Waals surface area (Å²) in [7, 11) is 0. The van der Waals surface area contributed by atoms with E-state index in [9.17, 15) is 4.79 Å². The summed E-state index contributed by atoms with van der Waals surface area (Å²) >= 11 is 1.72. The van der Waals surface area contributed by atoms with Crippen LogP contribution in [0.2, 0.25) is 0 Å². The van der Waals surface area contributed by atoms with Gasteiger partial charge in [-0.3, -0.25) is 9.69 Å². The van der Waals surface area contributed by atoms with E-state index < -0.39 is 0 Å². The highest BCUT2D eigenvalue weighted by Gasteiger charge is 2.24. The molecule has 0 spiro atoms. The minimum absolute atomic E-state index is 0.00552. The molecule has 3 nitrogen and oxygen atoms in total. The van der Waals surface area contributed by atoms with Crippen LogP contribution in [-0.2, 0) is 0 Å². The van der Waals surface area contributed by atoms with Crippen LogP contribution in [-0.4, -0.2) is 30.4 Å². The molecule has 1 fully saturated rings. The lowest BCUT2D eigenvalue weighted by Gasteiger charge is -2.27. The molecule has 2 aromatic carbocycles.